The number of thioether (sulfide) groups is 1. The van der Waals surface area contributed by atoms with E-state index in [0.29, 0.717) is 24.6 Å². The van der Waals surface area contributed by atoms with Crippen LogP contribution in [0, 0.1) is 5.92 Å². The number of nitrogens with one attached hydrogen (secondary N) is 1. The molecule has 0 atom stereocenters. The van der Waals surface area contributed by atoms with Crippen molar-refractivity contribution in [2.45, 2.75) is 25.4 Å². The number of amides is 1. The Balaban J connectivity index is 1.88. The number of nitrogens with zero attached hydrogens (tertiary/aromatic N) is 2. The molecule has 0 radical (unpaired) electrons. The molecule has 0 unspecified atom stereocenters. The van der Waals surface area contributed by atoms with Gasteiger partial charge in [-0.15, -0.1) is 0 Å². The van der Waals surface area contributed by atoms with Crippen LogP contribution in [0.25, 0.3) is 5.69 Å². The molecule has 24 heavy (non-hydrogen) atoms. The van der Waals surface area contributed by atoms with E-state index in [4.69, 9.17) is 4.74 Å². The lowest BCUT2D eigenvalue weighted by Crippen LogP contribution is -2.27. The van der Waals surface area contributed by atoms with Crippen molar-refractivity contribution in [1.29, 1.82) is 0 Å². The van der Waals surface area contributed by atoms with Gasteiger partial charge in [0.15, 0.2) is 5.16 Å². The minimum Gasteiger partial charge on any atom is -0.380 e. The fourth-order valence-electron chi connectivity index (χ4n) is 2.19. The van der Waals surface area contributed by atoms with Gasteiger partial charge < -0.3 is 10.1 Å². The van der Waals surface area contributed by atoms with Crippen LogP contribution in [-0.2, 0) is 4.74 Å². The van der Waals surface area contributed by atoms with Crippen LogP contribution in [0.4, 0.5) is 0 Å². The SMILES string of the molecule is CSc1nccn1-c1cccc(C(=O)NCCOCCC(C)C)c1. The van der Waals surface area contributed by atoms with Crippen molar-refractivity contribution in [3.8, 4) is 5.69 Å². The molecule has 6 heteroatoms. The van der Waals surface area contributed by atoms with Crippen molar-refractivity contribution < 1.29 is 9.53 Å². The molecule has 1 amide bonds. The van der Waals surface area contributed by atoms with E-state index in [-0.39, 0.29) is 5.91 Å². The first-order valence-electron chi connectivity index (χ1n) is 8.15. The Hall–Kier alpha value is -1.79. The van der Waals surface area contributed by atoms with Crippen molar-refractivity contribution in [1.82, 2.24) is 14.9 Å². The Morgan fingerprint density at radius 1 is 1.38 bits per heavy atom. The molecule has 0 saturated carbocycles. The summed E-state index contributed by atoms with van der Waals surface area (Å²) in [5, 5.41) is 3.79. The molecule has 2 rings (SSSR count). The highest BCUT2D eigenvalue weighted by atomic mass is 32.2. The first-order valence-corrected chi connectivity index (χ1v) is 9.38. The van der Waals surface area contributed by atoms with E-state index in [1.807, 2.05) is 41.3 Å². The van der Waals surface area contributed by atoms with Crippen molar-refractivity contribution >= 4 is 17.7 Å². The number of imidazole rings is 1. The zero-order valence-electron chi connectivity index (χ0n) is 14.5. The maximum absolute atomic E-state index is 12.3. The number of carbonyl (C=O) groups is 1. The summed E-state index contributed by atoms with van der Waals surface area (Å²) < 4.78 is 7.48. The topological polar surface area (TPSA) is 56.2 Å². The van der Waals surface area contributed by atoms with Crippen LogP contribution in [0.1, 0.15) is 30.6 Å². The molecular weight excluding hydrogens is 322 g/mol. The van der Waals surface area contributed by atoms with Gasteiger partial charge in [-0.3, -0.25) is 9.36 Å². The molecule has 0 bridgehead atoms. The number of benzene rings is 1. The fraction of sp³-hybridized carbons (Fsp3) is 0.444. The van der Waals surface area contributed by atoms with E-state index in [0.717, 1.165) is 23.9 Å². The predicted molar refractivity (Wildman–Crippen MR) is 98.0 cm³/mol. The van der Waals surface area contributed by atoms with Crippen molar-refractivity contribution in [2.24, 2.45) is 5.92 Å². The van der Waals surface area contributed by atoms with Crippen LogP contribution in [-0.4, -0.2) is 41.5 Å². The summed E-state index contributed by atoms with van der Waals surface area (Å²) in [6.45, 7) is 6.13. The third-order valence-electron chi connectivity index (χ3n) is 3.55. The average molecular weight is 347 g/mol. The van der Waals surface area contributed by atoms with Gasteiger partial charge in [0.05, 0.1) is 6.61 Å². The van der Waals surface area contributed by atoms with Crippen molar-refractivity contribution in [3.05, 3.63) is 42.2 Å². The normalized spacial score (nSPS) is 11.0. The van der Waals surface area contributed by atoms with Crippen LogP contribution in [0.15, 0.2) is 41.8 Å². The van der Waals surface area contributed by atoms with Gasteiger partial charge >= 0.3 is 0 Å². The fourth-order valence-corrected chi connectivity index (χ4v) is 2.72. The van der Waals surface area contributed by atoms with Crippen LogP contribution >= 0.6 is 11.8 Å². The lowest BCUT2D eigenvalue weighted by atomic mass is 10.1. The summed E-state index contributed by atoms with van der Waals surface area (Å²) in [6, 6.07) is 7.53. The molecule has 130 valence electrons. The zero-order chi connectivity index (χ0) is 17.4. The summed E-state index contributed by atoms with van der Waals surface area (Å²) in [7, 11) is 0. The third-order valence-corrected chi connectivity index (χ3v) is 4.21. The summed E-state index contributed by atoms with van der Waals surface area (Å²) in [5.41, 5.74) is 1.56. The molecule has 0 aliphatic carbocycles. The van der Waals surface area contributed by atoms with E-state index in [9.17, 15) is 4.79 Å². The minimum atomic E-state index is -0.0878. The van der Waals surface area contributed by atoms with Gasteiger partial charge in [-0.2, -0.15) is 0 Å². The molecule has 0 fully saturated rings. The maximum Gasteiger partial charge on any atom is 0.251 e. The lowest BCUT2D eigenvalue weighted by Gasteiger charge is -2.10. The summed E-state index contributed by atoms with van der Waals surface area (Å²) >= 11 is 1.57. The second-order valence-electron chi connectivity index (χ2n) is 5.89. The number of aromatic nitrogens is 2. The van der Waals surface area contributed by atoms with Crippen LogP contribution in [0.3, 0.4) is 0 Å². The van der Waals surface area contributed by atoms with Crippen molar-refractivity contribution in [3.63, 3.8) is 0 Å². The Labute approximate surface area is 147 Å². The predicted octanol–water partition coefficient (Wildman–Crippen LogP) is 3.39. The smallest absolute Gasteiger partial charge is 0.251 e. The van der Waals surface area contributed by atoms with E-state index in [2.05, 4.69) is 24.1 Å². The molecule has 2 aromatic rings. The first kappa shape index (κ1) is 18.5. The maximum atomic E-state index is 12.3. The number of rotatable bonds is 9. The first-order chi connectivity index (χ1) is 11.6. The van der Waals surface area contributed by atoms with Gasteiger partial charge in [0, 0.05) is 36.8 Å². The monoisotopic (exact) mass is 347 g/mol. The summed E-state index contributed by atoms with van der Waals surface area (Å²) in [4.78, 5) is 16.5. The quantitative estimate of drug-likeness (QED) is 0.558. The van der Waals surface area contributed by atoms with E-state index < -0.39 is 0 Å². The third kappa shape index (κ3) is 5.39. The second-order valence-corrected chi connectivity index (χ2v) is 6.66. The van der Waals surface area contributed by atoms with Crippen LogP contribution in [0.5, 0.6) is 0 Å². The number of carbonyl (C=O) groups excluding carboxylic acids is 1. The van der Waals surface area contributed by atoms with Gasteiger partial charge in [0.25, 0.3) is 5.91 Å². The highest BCUT2D eigenvalue weighted by Crippen LogP contribution is 2.18. The summed E-state index contributed by atoms with van der Waals surface area (Å²) in [5.74, 6) is 0.548. The molecule has 0 aliphatic rings. The van der Waals surface area contributed by atoms with Gasteiger partial charge in [-0.1, -0.05) is 31.7 Å². The van der Waals surface area contributed by atoms with Crippen molar-refractivity contribution in [2.75, 3.05) is 26.0 Å². The van der Waals surface area contributed by atoms with Gasteiger partial charge in [-0.25, -0.2) is 4.98 Å². The molecule has 0 spiro atoms. The highest BCUT2D eigenvalue weighted by Gasteiger charge is 2.08. The molecule has 5 nitrogen and oxygen atoms in total. The Morgan fingerprint density at radius 3 is 2.96 bits per heavy atom. The molecule has 1 N–H and O–H groups in total. The Kier molecular flexibility index (Phi) is 7.34. The Morgan fingerprint density at radius 2 is 2.21 bits per heavy atom. The molecule has 0 aliphatic heterocycles. The zero-order valence-corrected chi connectivity index (χ0v) is 15.3. The van der Waals surface area contributed by atoms with Gasteiger partial charge in [0.2, 0.25) is 0 Å². The van der Waals surface area contributed by atoms with E-state index in [1.165, 1.54) is 0 Å². The second kappa shape index (κ2) is 9.49. The largest absolute Gasteiger partial charge is 0.380 e. The van der Waals surface area contributed by atoms with E-state index >= 15 is 0 Å². The van der Waals surface area contributed by atoms with Gasteiger partial charge in [-0.05, 0) is 36.8 Å². The standard InChI is InChI=1S/C18H25N3O2S/c1-14(2)7-11-23-12-9-19-17(22)15-5-4-6-16(13-15)21-10-8-20-18(21)24-3/h4-6,8,10,13-14H,7,9,11-12H2,1-3H3,(H,19,22). The van der Waals surface area contributed by atoms with Crippen LogP contribution < -0.4 is 5.32 Å². The van der Waals surface area contributed by atoms with Gasteiger partial charge in [0.1, 0.15) is 0 Å². The molecule has 1 aromatic carbocycles. The molecule has 1 heterocycles. The molecule has 1 aromatic heterocycles. The molecular formula is C18H25N3O2S. The van der Waals surface area contributed by atoms with E-state index in [1.54, 1.807) is 18.0 Å². The Bertz CT molecular complexity index is 655. The number of hydrogen-bond donors (Lipinski definition) is 1. The lowest BCUT2D eigenvalue weighted by molar-refractivity contribution is 0.0906. The number of ether oxygens (including phenoxy) is 1. The average Bonchev–Trinajstić information content (AvgIpc) is 3.06. The minimum absolute atomic E-state index is 0.0878. The van der Waals surface area contributed by atoms with Crippen LogP contribution in [0.2, 0.25) is 0 Å². The number of hydrogen-bond acceptors (Lipinski definition) is 4. The highest BCUT2D eigenvalue weighted by molar-refractivity contribution is 7.98. The summed E-state index contributed by atoms with van der Waals surface area (Å²) in [6.07, 6.45) is 6.67. The molecule has 0 saturated heterocycles.